The van der Waals surface area contributed by atoms with Crippen LogP contribution in [0.1, 0.15) is 54.9 Å². The van der Waals surface area contributed by atoms with E-state index in [0.29, 0.717) is 27.6 Å². The average Bonchev–Trinajstić information content (AvgIpc) is 3.34. The average molecular weight is 502 g/mol. The van der Waals surface area contributed by atoms with Gasteiger partial charge in [-0.1, -0.05) is 67.4 Å². The van der Waals surface area contributed by atoms with E-state index < -0.39 is 6.04 Å². The van der Waals surface area contributed by atoms with Crippen LogP contribution in [0.2, 0.25) is 10.0 Å². The Hall–Kier alpha value is -2.08. The molecule has 0 aromatic heterocycles. The summed E-state index contributed by atoms with van der Waals surface area (Å²) < 4.78 is 0. The molecule has 2 aliphatic rings. The monoisotopic (exact) mass is 501 g/mol. The van der Waals surface area contributed by atoms with E-state index in [-0.39, 0.29) is 17.7 Å². The van der Waals surface area contributed by atoms with E-state index in [1.807, 2.05) is 18.7 Å². The minimum atomic E-state index is -0.579. The molecular weight excluding hydrogens is 469 g/mol. The second kappa shape index (κ2) is 11.1. The molecule has 2 aliphatic heterocycles. The van der Waals surface area contributed by atoms with Crippen LogP contribution in [0.15, 0.2) is 48.5 Å². The standard InChI is InChI=1S/C27H33Cl2N3O2/c1-18(2)25(30-26(33)21-8-9-23(28)24(29)16-21)27(34)32-15-12-22(17-32)31-13-10-20(11-14-31)19-6-4-3-5-7-19/h3-9,16,18,20,22,25H,10-15,17H2,1-2H3,(H,30,33). The first-order chi connectivity index (χ1) is 16.3. The molecule has 182 valence electrons. The first-order valence-corrected chi connectivity index (χ1v) is 12.9. The van der Waals surface area contributed by atoms with Crippen LogP contribution in [0.25, 0.3) is 0 Å². The zero-order chi connectivity index (χ0) is 24.2. The van der Waals surface area contributed by atoms with E-state index in [0.717, 1.165) is 45.4 Å². The molecule has 0 saturated carbocycles. The highest BCUT2D eigenvalue weighted by molar-refractivity contribution is 6.42. The smallest absolute Gasteiger partial charge is 0.251 e. The van der Waals surface area contributed by atoms with Crippen molar-refractivity contribution in [3.63, 3.8) is 0 Å². The fraction of sp³-hybridized carbons (Fsp3) is 0.481. The van der Waals surface area contributed by atoms with E-state index in [1.165, 1.54) is 11.6 Å². The molecule has 7 heteroatoms. The van der Waals surface area contributed by atoms with Gasteiger partial charge in [-0.3, -0.25) is 14.5 Å². The number of hydrogen-bond donors (Lipinski definition) is 1. The van der Waals surface area contributed by atoms with Crippen LogP contribution in [0.5, 0.6) is 0 Å². The molecule has 0 radical (unpaired) electrons. The van der Waals surface area contributed by atoms with E-state index in [2.05, 4.69) is 40.5 Å². The minimum Gasteiger partial charge on any atom is -0.340 e. The largest absolute Gasteiger partial charge is 0.340 e. The van der Waals surface area contributed by atoms with Crippen LogP contribution in [0.4, 0.5) is 0 Å². The Balaban J connectivity index is 1.33. The maximum Gasteiger partial charge on any atom is 0.251 e. The topological polar surface area (TPSA) is 52.7 Å². The van der Waals surface area contributed by atoms with Crippen molar-refractivity contribution < 1.29 is 9.59 Å². The Bertz CT molecular complexity index is 1010. The van der Waals surface area contributed by atoms with E-state index in [9.17, 15) is 9.59 Å². The van der Waals surface area contributed by atoms with Gasteiger partial charge in [-0.15, -0.1) is 0 Å². The van der Waals surface area contributed by atoms with Crippen molar-refractivity contribution in [1.82, 2.24) is 15.1 Å². The van der Waals surface area contributed by atoms with Gasteiger partial charge in [0.1, 0.15) is 6.04 Å². The van der Waals surface area contributed by atoms with Crippen molar-refractivity contribution in [3.8, 4) is 0 Å². The SMILES string of the molecule is CC(C)C(NC(=O)c1ccc(Cl)c(Cl)c1)C(=O)N1CCC(N2CCC(c3ccccc3)CC2)C1. The molecular formula is C27H33Cl2N3O2. The van der Waals surface area contributed by atoms with Gasteiger partial charge in [0.15, 0.2) is 0 Å². The second-order valence-electron chi connectivity index (χ2n) is 9.77. The third-order valence-electron chi connectivity index (χ3n) is 7.19. The van der Waals surface area contributed by atoms with Crippen LogP contribution >= 0.6 is 23.2 Å². The maximum atomic E-state index is 13.4. The summed E-state index contributed by atoms with van der Waals surface area (Å²) in [6.45, 7) is 7.50. The molecule has 2 heterocycles. The number of likely N-dealkylation sites (tertiary alicyclic amines) is 2. The van der Waals surface area contributed by atoms with Crippen molar-refractivity contribution in [2.75, 3.05) is 26.2 Å². The molecule has 2 atom stereocenters. The van der Waals surface area contributed by atoms with Gasteiger partial charge in [0, 0.05) is 24.7 Å². The fourth-order valence-corrected chi connectivity index (χ4v) is 5.43. The van der Waals surface area contributed by atoms with Gasteiger partial charge >= 0.3 is 0 Å². The number of amides is 2. The normalized spacial score (nSPS) is 20.5. The zero-order valence-corrected chi connectivity index (χ0v) is 21.4. The second-order valence-corrected chi connectivity index (χ2v) is 10.6. The van der Waals surface area contributed by atoms with Crippen molar-refractivity contribution in [2.24, 2.45) is 5.92 Å². The van der Waals surface area contributed by atoms with Crippen LogP contribution in [0.3, 0.4) is 0 Å². The summed E-state index contributed by atoms with van der Waals surface area (Å²) in [6.07, 6.45) is 3.29. The summed E-state index contributed by atoms with van der Waals surface area (Å²) in [6, 6.07) is 15.3. The number of halogens is 2. The highest BCUT2D eigenvalue weighted by Gasteiger charge is 2.36. The number of carbonyl (C=O) groups excluding carboxylic acids is 2. The number of hydrogen-bond acceptors (Lipinski definition) is 3. The molecule has 2 saturated heterocycles. The van der Waals surface area contributed by atoms with Crippen molar-refractivity contribution in [2.45, 2.75) is 51.1 Å². The number of benzene rings is 2. The van der Waals surface area contributed by atoms with Crippen molar-refractivity contribution in [1.29, 1.82) is 0 Å². The first-order valence-electron chi connectivity index (χ1n) is 12.2. The molecule has 2 fully saturated rings. The maximum absolute atomic E-state index is 13.4. The highest BCUT2D eigenvalue weighted by Crippen LogP contribution is 2.30. The van der Waals surface area contributed by atoms with E-state index in [1.54, 1.807) is 12.1 Å². The third kappa shape index (κ3) is 5.76. The lowest BCUT2D eigenvalue weighted by molar-refractivity contribution is -0.133. The highest BCUT2D eigenvalue weighted by atomic mass is 35.5. The molecule has 0 spiro atoms. The summed E-state index contributed by atoms with van der Waals surface area (Å²) in [5.74, 6) is 0.271. The van der Waals surface area contributed by atoms with Crippen LogP contribution < -0.4 is 5.32 Å². The fourth-order valence-electron chi connectivity index (χ4n) is 5.14. The molecule has 5 nitrogen and oxygen atoms in total. The van der Waals surface area contributed by atoms with Gasteiger partial charge in [-0.2, -0.15) is 0 Å². The number of nitrogens with one attached hydrogen (secondary N) is 1. The lowest BCUT2D eigenvalue weighted by Gasteiger charge is -2.36. The summed E-state index contributed by atoms with van der Waals surface area (Å²) in [5, 5.41) is 3.64. The summed E-state index contributed by atoms with van der Waals surface area (Å²) >= 11 is 12.0. The Labute approximate surface area is 212 Å². The molecule has 34 heavy (non-hydrogen) atoms. The predicted molar refractivity (Wildman–Crippen MR) is 138 cm³/mol. The summed E-state index contributed by atoms with van der Waals surface area (Å²) in [7, 11) is 0. The molecule has 2 aromatic rings. The van der Waals surface area contributed by atoms with Crippen molar-refractivity contribution >= 4 is 35.0 Å². The van der Waals surface area contributed by atoms with Gasteiger partial charge < -0.3 is 10.2 Å². The number of rotatable bonds is 6. The van der Waals surface area contributed by atoms with Crippen molar-refractivity contribution in [3.05, 3.63) is 69.7 Å². The lowest BCUT2D eigenvalue weighted by Crippen LogP contribution is -2.51. The third-order valence-corrected chi connectivity index (χ3v) is 7.93. The van der Waals surface area contributed by atoms with Crippen LogP contribution in [-0.2, 0) is 4.79 Å². The quantitative estimate of drug-likeness (QED) is 0.589. The van der Waals surface area contributed by atoms with E-state index >= 15 is 0 Å². The number of piperidine rings is 1. The van der Waals surface area contributed by atoms with Gasteiger partial charge in [-0.05, 0) is 68.0 Å². The van der Waals surface area contributed by atoms with Gasteiger partial charge in [0.2, 0.25) is 5.91 Å². The Morgan fingerprint density at radius 1 is 0.941 bits per heavy atom. The molecule has 2 unspecified atom stereocenters. The number of carbonyl (C=O) groups is 2. The molecule has 1 N–H and O–H groups in total. The molecule has 2 amide bonds. The van der Waals surface area contributed by atoms with Gasteiger partial charge in [0.05, 0.1) is 10.0 Å². The summed E-state index contributed by atoms with van der Waals surface area (Å²) in [5.41, 5.74) is 1.83. The van der Waals surface area contributed by atoms with Gasteiger partial charge in [0.25, 0.3) is 5.91 Å². The predicted octanol–water partition coefficient (Wildman–Crippen LogP) is 5.23. The minimum absolute atomic E-state index is 0.00918. The Morgan fingerprint density at radius 2 is 1.65 bits per heavy atom. The lowest BCUT2D eigenvalue weighted by atomic mass is 9.89. The number of nitrogens with zero attached hydrogens (tertiary/aromatic N) is 2. The van der Waals surface area contributed by atoms with E-state index in [4.69, 9.17) is 23.2 Å². The Kier molecular flexibility index (Phi) is 8.18. The molecule has 0 bridgehead atoms. The zero-order valence-electron chi connectivity index (χ0n) is 19.8. The van der Waals surface area contributed by atoms with Crippen LogP contribution in [-0.4, -0.2) is 59.9 Å². The van der Waals surface area contributed by atoms with Crippen LogP contribution in [0, 0.1) is 5.92 Å². The first kappa shape index (κ1) is 25.0. The van der Waals surface area contributed by atoms with Gasteiger partial charge in [-0.25, -0.2) is 0 Å². The molecule has 0 aliphatic carbocycles. The Morgan fingerprint density at radius 3 is 2.29 bits per heavy atom. The molecule has 4 rings (SSSR count). The molecule has 2 aromatic carbocycles. The summed E-state index contributed by atoms with van der Waals surface area (Å²) in [4.78, 5) is 30.7.